The third-order valence-electron chi connectivity index (χ3n) is 11.1. The molecule has 4 heterocycles. The van der Waals surface area contributed by atoms with Gasteiger partial charge >= 0.3 is 25.6 Å². The summed E-state index contributed by atoms with van der Waals surface area (Å²) in [6.45, 7) is 13.1. The summed E-state index contributed by atoms with van der Waals surface area (Å²) in [5.41, 5.74) is -4.44. The molecule has 1 N–H and O–H groups in total. The fraction of sp³-hybridized carbons (Fsp3) is 0.512. The van der Waals surface area contributed by atoms with Gasteiger partial charge in [0.05, 0.1) is 29.5 Å². The van der Waals surface area contributed by atoms with Crippen LogP contribution in [0.15, 0.2) is 54.6 Å². The zero-order valence-corrected chi connectivity index (χ0v) is 38.0. The maximum absolute atomic E-state index is 16.3. The van der Waals surface area contributed by atoms with Crippen molar-refractivity contribution in [3.05, 3.63) is 82.0 Å². The van der Waals surface area contributed by atoms with Gasteiger partial charge in [-0.15, -0.1) is 11.3 Å². The van der Waals surface area contributed by atoms with Crippen molar-refractivity contribution in [2.45, 2.75) is 102 Å². The Labute approximate surface area is 377 Å². The van der Waals surface area contributed by atoms with Gasteiger partial charge < -0.3 is 43.8 Å². The number of thiophene rings is 1. The number of hydrogen-bond acceptors (Lipinski definition) is 14. The van der Waals surface area contributed by atoms with Gasteiger partial charge in [-0.3, -0.25) is 32.8 Å². The van der Waals surface area contributed by atoms with Gasteiger partial charge in [-0.05, 0) is 76.1 Å². The molecule has 0 aliphatic carbocycles. The average molecular weight is 946 g/mol. The third kappa shape index (κ3) is 11.2. The van der Waals surface area contributed by atoms with Crippen LogP contribution in [0.1, 0.15) is 80.6 Å². The van der Waals surface area contributed by atoms with Crippen molar-refractivity contribution in [1.29, 1.82) is 0 Å². The number of benzene rings is 2. The predicted octanol–water partition coefficient (Wildman–Crippen LogP) is 6.84. The van der Waals surface area contributed by atoms with Crippen LogP contribution in [0.2, 0.25) is 0 Å². The Kier molecular flexibility index (Phi) is 15.5. The van der Waals surface area contributed by atoms with E-state index >= 15 is 8.78 Å². The molecule has 3 fully saturated rings. The monoisotopic (exact) mass is 945 g/mol. The van der Waals surface area contributed by atoms with Gasteiger partial charge in [-0.25, -0.2) is 16.2 Å². The molecule has 5 atom stereocenters. The number of alkyl halides is 2. The number of carbonyl (C=O) groups excluding carboxylic acids is 6. The van der Waals surface area contributed by atoms with Crippen LogP contribution in [0.3, 0.4) is 0 Å². The predicted molar refractivity (Wildman–Crippen MR) is 229 cm³/mol. The maximum Gasteiger partial charge on any atom is 0.510 e. The number of carbonyl (C=O) groups is 6. The zero-order chi connectivity index (χ0) is 47.2. The van der Waals surface area contributed by atoms with Crippen molar-refractivity contribution in [2.24, 2.45) is 0 Å². The number of halogens is 2. The molecule has 1 aromatic heterocycles. The first-order valence-electron chi connectivity index (χ1n) is 20.9. The minimum atomic E-state index is -5.71. The van der Waals surface area contributed by atoms with E-state index in [-0.39, 0.29) is 47.6 Å². The summed E-state index contributed by atoms with van der Waals surface area (Å²) >= 11 is 0.903. The number of hydrogen-bond donors (Lipinski definition) is 1. The molecule has 3 aliphatic rings. The van der Waals surface area contributed by atoms with Gasteiger partial charge in [0.2, 0.25) is 37.3 Å². The minimum Gasteiger partial charge on any atom is -0.432 e. The number of rotatable bonds is 14. The Morgan fingerprint density at radius 1 is 0.892 bits per heavy atom. The Morgan fingerprint density at radius 3 is 2.14 bits per heavy atom. The summed E-state index contributed by atoms with van der Waals surface area (Å²) in [6, 6.07) is 10.8. The van der Waals surface area contributed by atoms with E-state index in [1.165, 1.54) is 56.6 Å². The SMILES string of the molecule is [C-]#[N+][C@@H]1CN(C(=O)[C@@H]2CC[C@@H]3CCN(C(C)=O)C[C@H](NC(=O)c4cc5cc(C(F)(F)P(=O)(OCOC(=O)OC(C)C)OCOC(=O)OC(C)C)ccc5s4)C(=O)N32)C[C@H]1c1ccccc1. The Morgan fingerprint density at radius 2 is 1.54 bits per heavy atom. The smallest absolute Gasteiger partial charge is 0.432 e. The van der Waals surface area contributed by atoms with Crippen LogP contribution >= 0.6 is 18.9 Å². The molecule has 6 rings (SSSR count). The molecule has 2 aromatic carbocycles. The van der Waals surface area contributed by atoms with Crippen LogP contribution in [-0.2, 0) is 52.6 Å². The summed E-state index contributed by atoms with van der Waals surface area (Å²) in [7, 11) is -5.71. The van der Waals surface area contributed by atoms with Crippen molar-refractivity contribution >= 4 is 65.0 Å². The molecule has 4 amide bonds. The van der Waals surface area contributed by atoms with Crippen molar-refractivity contribution in [3.63, 3.8) is 0 Å². The van der Waals surface area contributed by atoms with E-state index in [2.05, 4.69) is 19.6 Å². The van der Waals surface area contributed by atoms with Crippen LogP contribution in [0.5, 0.6) is 0 Å². The number of ether oxygens (including phenoxy) is 4. The zero-order valence-electron chi connectivity index (χ0n) is 36.3. The lowest BCUT2D eigenvalue weighted by molar-refractivity contribution is -0.148. The second-order valence-electron chi connectivity index (χ2n) is 16.2. The topological polar surface area (TPSA) is 201 Å². The lowest BCUT2D eigenvalue weighted by Crippen LogP contribution is -2.61. The molecule has 0 bridgehead atoms. The highest BCUT2D eigenvalue weighted by atomic mass is 32.1. The Hall–Kier alpha value is -5.68. The standard InChI is InChI=1S/C43H50F2N5O13PS/c1-25(2)62-41(55)58-23-60-64(57,61-24-59-42(56)63-26(3)4)43(44,45)30-12-15-36-29(18-30)19-37(65-36)38(52)47-34-22-48(27(5)51)17-16-31-13-14-35(50(31)39(34)53)40(54)49-20-32(33(21-49)46-6)28-10-8-7-9-11-28/h7-12,15,18-19,25-26,31-35H,13-14,16-17,20-24H2,1-5H3,(H,47,52)/t31-,32+,33-,34+,35+/m1/s1. The fourth-order valence-electron chi connectivity index (χ4n) is 8.02. The van der Waals surface area contributed by atoms with E-state index in [1.807, 2.05) is 30.3 Å². The first-order chi connectivity index (χ1) is 30.8. The quantitative estimate of drug-likeness (QED) is 0.0763. The summed E-state index contributed by atoms with van der Waals surface area (Å²) in [6.07, 6.45) is -2.65. The van der Waals surface area contributed by atoms with E-state index in [0.29, 0.717) is 30.5 Å². The highest BCUT2D eigenvalue weighted by molar-refractivity contribution is 7.54. The average Bonchev–Trinajstić information content (AvgIpc) is 4.00. The number of fused-ring (bicyclic) bond motifs is 2. The molecule has 0 unspecified atom stereocenters. The molecule has 3 saturated heterocycles. The van der Waals surface area contributed by atoms with Crippen molar-refractivity contribution in [3.8, 4) is 0 Å². The summed E-state index contributed by atoms with van der Waals surface area (Å²) in [5.74, 6) is -2.14. The summed E-state index contributed by atoms with van der Waals surface area (Å²) < 4.78 is 75.1. The number of nitrogens with zero attached hydrogens (tertiary/aromatic N) is 4. The van der Waals surface area contributed by atoms with E-state index in [4.69, 9.17) is 25.1 Å². The van der Waals surface area contributed by atoms with Crippen LogP contribution in [0, 0.1) is 6.57 Å². The van der Waals surface area contributed by atoms with Crippen LogP contribution < -0.4 is 5.32 Å². The van der Waals surface area contributed by atoms with Gasteiger partial charge in [0, 0.05) is 42.9 Å². The second-order valence-corrected chi connectivity index (χ2v) is 19.4. The maximum atomic E-state index is 16.3. The molecule has 0 radical (unpaired) electrons. The number of amides is 4. The molecule has 18 nitrogen and oxygen atoms in total. The van der Waals surface area contributed by atoms with E-state index in [1.54, 1.807) is 4.90 Å². The van der Waals surface area contributed by atoms with Crippen LogP contribution in [-0.4, -0.2) is 127 Å². The minimum absolute atomic E-state index is 0.00526. The van der Waals surface area contributed by atoms with Gasteiger partial charge in [-0.2, -0.15) is 8.78 Å². The first kappa shape index (κ1) is 48.8. The molecule has 0 spiro atoms. The molecular weight excluding hydrogens is 896 g/mol. The lowest BCUT2D eigenvalue weighted by atomic mass is 9.95. The van der Waals surface area contributed by atoms with Crippen molar-refractivity contribution in [2.75, 3.05) is 39.8 Å². The van der Waals surface area contributed by atoms with Gasteiger partial charge in [0.15, 0.2) is 0 Å². The summed E-state index contributed by atoms with van der Waals surface area (Å²) in [4.78, 5) is 87.6. The highest BCUT2D eigenvalue weighted by Gasteiger charge is 2.56. The Balaban J connectivity index is 1.21. The largest absolute Gasteiger partial charge is 0.510 e. The van der Waals surface area contributed by atoms with Gasteiger partial charge in [0.1, 0.15) is 12.1 Å². The normalized spacial score (nSPS) is 21.4. The summed E-state index contributed by atoms with van der Waals surface area (Å²) in [5, 5.41) is 2.82. The number of likely N-dealkylation sites (tertiary alicyclic amines) is 1. The second kappa shape index (κ2) is 20.7. The lowest BCUT2D eigenvalue weighted by Gasteiger charge is -2.39. The van der Waals surface area contributed by atoms with E-state index in [9.17, 15) is 33.3 Å². The molecule has 350 valence electrons. The van der Waals surface area contributed by atoms with Crippen molar-refractivity contribution < 1.29 is 70.1 Å². The van der Waals surface area contributed by atoms with Crippen LogP contribution in [0.4, 0.5) is 18.4 Å². The molecular formula is C43H50F2N5O13PS. The van der Waals surface area contributed by atoms with E-state index in [0.717, 1.165) is 29.0 Å². The molecule has 22 heteroatoms. The molecule has 65 heavy (non-hydrogen) atoms. The third-order valence-corrected chi connectivity index (χ3v) is 14.1. The Bertz CT molecular complexity index is 2330. The first-order valence-corrected chi connectivity index (χ1v) is 23.2. The molecule has 0 saturated carbocycles. The highest BCUT2D eigenvalue weighted by Crippen LogP contribution is 2.67. The molecule has 3 aromatic rings. The van der Waals surface area contributed by atoms with Gasteiger partial charge in [-0.1, -0.05) is 36.4 Å². The van der Waals surface area contributed by atoms with E-state index < -0.39 is 92.9 Å². The van der Waals surface area contributed by atoms with Crippen LogP contribution in [0.25, 0.3) is 14.9 Å². The number of nitrogens with one attached hydrogen (secondary N) is 1. The van der Waals surface area contributed by atoms with Gasteiger partial charge in [0.25, 0.3) is 5.91 Å². The van der Waals surface area contributed by atoms with Crippen molar-refractivity contribution in [1.82, 2.24) is 20.0 Å². The fourth-order valence-corrected chi connectivity index (χ4v) is 10.2. The molecule has 3 aliphatic heterocycles.